The highest BCUT2D eigenvalue weighted by atomic mass is 16.4. The molecule has 5 heteroatoms. The molecule has 5 nitrogen and oxygen atoms in total. The summed E-state index contributed by atoms with van der Waals surface area (Å²) in [5.74, 6) is -0.237. The standard InChI is InChI=1S/C14H15N3O2/c1-9-11-4-2-3-5-12(11)13(16-15-9)17-7-6-10(8-17)14(18)19/h2-5,10H,6-8H2,1H3,(H,18,19). The van der Waals surface area contributed by atoms with E-state index in [0.717, 1.165) is 28.8 Å². The van der Waals surface area contributed by atoms with Crippen LogP contribution in [0.15, 0.2) is 24.3 Å². The quantitative estimate of drug-likeness (QED) is 0.889. The van der Waals surface area contributed by atoms with Crippen molar-refractivity contribution in [1.82, 2.24) is 10.2 Å². The number of benzene rings is 1. The van der Waals surface area contributed by atoms with Gasteiger partial charge in [-0.15, -0.1) is 5.10 Å². The molecule has 1 aliphatic rings. The van der Waals surface area contributed by atoms with Crippen LogP contribution in [-0.2, 0) is 4.79 Å². The summed E-state index contributed by atoms with van der Waals surface area (Å²) in [5, 5.41) is 19.6. The zero-order valence-corrected chi connectivity index (χ0v) is 10.7. The molecule has 1 atom stereocenters. The zero-order valence-electron chi connectivity index (χ0n) is 10.7. The minimum absolute atomic E-state index is 0.304. The number of hydrogen-bond acceptors (Lipinski definition) is 4. The number of nitrogens with zero attached hydrogens (tertiary/aromatic N) is 3. The van der Waals surface area contributed by atoms with Crippen molar-refractivity contribution in [2.75, 3.05) is 18.0 Å². The Morgan fingerprint density at radius 2 is 2.05 bits per heavy atom. The van der Waals surface area contributed by atoms with Gasteiger partial charge in [-0.05, 0) is 13.3 Å². The average Bonchev–Trinajstić information content (AvgIpc) is 2.89. The van der Waals surface area contributed by atoms with E-state index in [9.17, 15) is 4.79 Å². The third kappa shape index (κ3) is 2.01. The molecule has 3 rings (SSSR count). The SMILES string of the molecule is Cc1nnc(N2CCC(C(=O)O)C2)c2ccccc12. The molecule has 0 bridgehead atoms. The van der Waals surface area contributed by atoms with Gasteiger partial charge in [-0.2, -0.15) is 5.10 Å². The van der Waals surface area contributed by atoms with E-state index in [1.165, 1.54) is 0 Å². The molecule has 98 valence electrons. The third-order valence-electron chi connectivity index (χ3n) is 3.69. The van der Waals surface area contributed by atoms with E-state index in [2.05, 4.69) is 10.2 Å². The van der Waals surface area contributed by atoms with Crippen molar-refractivity contribution in [3.05, 3.63) is 30.0 Å². The van der Waals surface area contributed by atoms with Crippen molar-refractivity contribution in [2.24, 2.45) is 5.92 Å². The molecule has 1 N–H and O–H groups in total. The fourth-order valence-electron chi connectivity index (χ4n) is 2.61. The van der Waals surface area contributed by atoms with Gasteiger partial charge in [0, 0.05) is 23.9 Å². The molecule has 19 heavy (non-hydrogen) atoms. The molecule has 1 saturated heterocycles. The van der Waals surface area contributed by atoms with Gasteiger partial charge in [0.25, 0.3) is 0 Å². The fourth-order valence-corrected chi connectivity index (χ4v) is 2.61. The highest BCUT2D eigenvalue weighted by molar-refractivity contribution is 5.93. The minimum atomic E-state index is -0.730. The zero-order chi connectivity index (χ0) is 13.4. The molecule has 0 amide bonds. The Balaban J connectivity index is 2.02. The summed E-state index contributed by atoms with van der Waals surface area (Å²) < 4.78 is 0. The Labute approximate surface area is 110 Å². The summed E-state index contributed by atoms with van der Waals surface area (Å²) in [7, 11) is 0. The summed E-state index contributed by atoms with van der Waals surface area (Å²) in [6, 6.07) is 7.98. The van der Waals surface area contributed by atoms with Crippen LogP contribution in [0.5, 0.6) is 0 Å². The first-order valence-corrected chi connectivity index (χ1v) is 6.36. The maximum Gasteiger partial charge on any atom is 0.308 e. The maximum atomic E-state index is 11.0. The van der Waals surface area contributed by atoms with E-state index in [0.29, 0.717) is 13.0 Å². The van der Waals surface area contributed by atoms with Crippen LogP contribution in [0.25, 0.3) is 10.8 Å². The summed E-state index contributed by atoms with van der Waals surface area (Å²) in [5.41, 5.74) is 0.897. The van der Waals surface area contributed by atoms with Crippen LogP contribution in [0.2, 0.25) is 0 Å². The number of carboxylic acids is 1. The molecule has 2 aromatic rings. The second kappa shape index (κ2) is 4.50. The van der Waals surface area contributed by atoms with Gasteiger partial charge in [0.2, 0.25) is 0 Å². The van der Waals surface area contributed by atoms with Gasteiger partial charge in [0.1, 0.15) is 0 Å². The van der Waals surface area contributed by atoms with Gasteiger partial charge < -0.3 is 10.0 Å². The van der Waals surface area contributed by atoms with Crippen molar-refractivity contribution in [1.29, 1.82) is 0 Å². The lowest BCUT2D eigenvalue weighted by atomic mass is 10.1. The number of aryl methyl sites for hydroxylation is 1. The lowest BCUT2D eigenvalue weighted by molar-refractivity contribution is -0.140. The second-order valence-corrected chi connectivity index (χ2v) is 4.92. The number of carbonyl (C=O) groups is 1. The second-order valence-electron chi connectivity index (χ2n) is 4.92. The van der Waals surface area contributed by atoms with Gasteiger partial charge in [0.15, 0.2) is 5.82 Å². The molecule has 0 saturated carbocycles. The number of anilines is 1. The van der Waals surface area contributed by atoms with Gasteiger partial charge in [-0.1, -0.05) is 24.3 Å². The molecular formula is C14H15N3O2. The lowest BCUT2D eigenvalue weighted by Crippen LogP contribution is -2.24. The number of aliphatic carboxylic acids is 1. The van der Waals surface area contributed by atoms with E-state index < -0.39 is 5.97 Å². The third-order valence-corrected chi connectivity index (χ3v) is 3.69. The first-order valence-electron chi connectivity index (χ1n) is 6.36. The number of hydrogen-bond donors (Lipinski definition) is 1. The number of aromatic nitrogens is 2. The predicted molar refractivity (Wildman–Crippen MR) is 72.2 cm³/mol. The maximum absolute atomic E-state index is 11.0. The van der Waals surface area contributed by atoms with Crippen LogP contribution in [-0.4, -0.2) is 34.4 Å². The largest absolute Gasteiger partial charge is 0.481 e. The van der Waals surface area contributed by atoms with Crippen molar-refractivity contribution < 1.29 is 9.90 Å². The molecule has 1 aromatic heterocycles. The number of rotatable bonds is 2. The Hall–Kier alpha value is -2.17. The highest BCUT2D eigenvalue weighted by Crippen LogP contribution is 2.29. The average molecular weight is 257 g/mol. The normalized spacial score (nSPS) is 19.0. The molecular weight excluding hydrogens is 242 g/mol. The van der Waals surface area contributed by atoms with E-state index in [-0.39, 0.29) is 5.92 Å². The highest BCUT2D eigenvalue weighted by Gasteiger charge is 2.29. The Morgan fingerprint density at radius 3 is 2.74 bits per heavy atom. The van der Waals surface area contributed by atoms with Crippen LogP contribution in [0.4, 0.5) is 5.82 Å². The van der Waals surface area contributed by atoms with Crippen molar-refractivity contribution in [3.8, 4) is 0 Å². The fraction of sp³-hybridized carbons (Fsp3) is 0.357. The number of carboxylic acid groups (broad SMARTS) is 1. The van der Waals surface area contributed by atoms with Crippen molar-refractivity contribution in [3.63, 3.8) is 0 Å². The first-order chi connectivity index (χ1) is 9.16. The molecule has 0 radical (unpaired) electrons. The smallest absolute Gasteiger partial charge is 0.308 e. The van der Waals surface area contributed by atoms with Gasteiger partial charge in [0.05, 0.1) is 11.6 Å². The van der Waals surface area contributed by atoms with Crippen LogP contribution in [0, 0.1) is 12.8 Å². The molecule has 0 aliphatic carbocycles. The predicted octanol–water partition coefficient (Wildman–Crippen LogP) is 1.85. The topological polar surface area (TPSA) is 66.3 Å². The molecule has 1 aliphatic heterocycles. The van der Waals surface area contributed by atoms with Crippen molar-refractivity contribution in [2.45, 2.75) is 13.3 Å². The molecule has 1 aromatic carbocycles. The summed E-state index contributed by atoms with van der Waals surface area (Å²) >= 11 is 0. The first kappa shape index (κ1) is 11.9. The van der Waals surface area contributed by atoms with Gasteiger partial charge in [-0.25, -0.2) is 0 Å². The summed E-state index contributed by atoms with van der Waals surface area (Å²) in [4.78, 5) is 13.1. The minimum Gasteiger partial charge on any atom is -0.481 e. The van der Waals surface area contributed by atoms with E-state index in [1.54, 1.807) is 0 Å². The monoisotopic (exact) mass is 257 g/mol. The van der Waals surface area contributed by atoms with Crippen LogP contribution in [0.3, 0.4) is 0 Å². The lowest BCUT2D eigenvalue weighted by Gasteiger charge is -2.18. The molecule has 1 fully saturated rings. The van der Waals surface area contributed by atoms with Crippen LogP contribution in [0.1, 0.15) is 12.1 Å². The van der Waals surface area contributed by atoms with E-state index in [4.69, 9.17) is 5.11 Å². The Bertz CT molecular complexity index is 642. The van der Waals surface area contributed by atoms with Gasteiger partial charge in [-0.3, -0.25) is 4.79 Å². The van der Waals surface area contributed by atoms with Crippen molar-refractivity contribution >= 4 is 22.6 Å². The molecule has 0 spiro atoms. The molecule has 2 heterocycles. The van der Waals surface area contributed by atoms with Crippen LogP contribution >= 0.6 is 0 Å². The summed E-state index contributed by atoms with van der Waals surface area (Å²) in [6.45, 7) is 3.17. The Kier molecular flexibility index (Phi) is 2.81. The van der Waals surface area contributed by atoms with E-state index >= 15 is 0 Å². The number of fused-ring (bicyclic) bond motifs is 1. The van der Waals surface area contributed by atoms with Crippen LogP contribution < -0.4 is 4.90 Å². The molecule has 1 unspecified atom stereocenters. The van der Waals surface area contributed by atoms with E-state index in [1.807, 2.05) is 36.1 Å². The summed E-state index contributed by atoms with van der Waals surface area (Å²) in [6.07, 6.45) is 0.666. The van der Waals surface area contributed by atoms with Gasteiger partial charge >= 0.3 is 5.97 Å². The Morgan fingerprint density at radius 1 is 1.32 bits per heavy atom.